The van der Waals surface area contributed by atoms with Crippen LogP contribution in [0, 0.1) is 0 Å². The van der Waals surface area contributed by atoms with Crippen molar-refractivity contribution in [3.8, 4) is 5.75 Å². The lowest BCUT2D eigenvalue weighted by Gasteiger charge is -2.36. The zero-order valence-electron chi connectivity index (χ0n) is 18.4. The van der Waals surface area contributed by atoms with Gasteiger partial charge in [0, 0.05) is 45.0 Å². The average Bonchev–Trinajstić information content (AvgIpc) is 3.23. The van der Waals surface area contributed by atoms with Crippen molar-refractivity contribution in [1.29, 1.82) is 0 Å². The van der Waals surface area contributed by atoms with Gasteiger partial charge in [0.2, 0.25) is 5.91 Å². The van der Waals surface area contributed by atoms with E-state index in [1.807, 2.05) is 24.3 Å². The van der Waals surface area contributed by atoms with Gasteiger partial charge < -0.3 is 14.6 Å². The minimum atomic E-state index is 0.0902. The predicted octanol–water partition coefficient (Wildman–Crippen LogP) is 3.88. The largest absolute Gasteiger partial charge is 0.497 e. The van der Waals surface area contributed by atoms with Crippen LogP contribution in [0.5, 0.6) is 5.75 Å². The third-order valence-electron chi connectivity index (χ3n) is 6.22. The summed E-state index contributed by atoms with van der Waals surface area (Å²) >= 11 is 0. The summed E-state index contributed by atoms with van der Waals surface area (Å²) in [6.45, 7) is 2.52. The Morgan fingerprint density at radius 3 is 2.55 bits per heavy atom. The van der Waals surface area contributed by atoms with Crippen LogP contribution in [-0.2, 0) is 31.2 Å². The summed E-state index contributed by atoms with van der Waals surface area (Å²) in [5, 5.41) is 3.19. The number of methoxy groups -OCH3 is 1. The first kappa shape index (κ1) is 21.2. The second-order valence-electron chi connectivity index (χ2n) is 8.20. The Hall–Kier alpha value is -3.05. The maximum Gasteiger partial charge on any atom is 0.220 e. The van der Waals surface area contributed by atoms with Crippen LogP contribution in [0.4, 0.5) is 0 Å². The minimum Gasteiger partial charge on any atom is -0.497 e. The van der Waals surface area contributed by atoms with Gasteiger partial charge in [0.25, 0.3) is 0 Å². The van der Waals surface area contributed by atoms with Crippen molar-refractivity contribution in [2.45, 2.75) is 31.8 Å². The molecule has 0 saturated carbocycles. The van der Waals surface area contributed by atoms with Crippen LogP contribution >= 0.6 is 0 Å². The molecule has 0 spiro atoms. The molecule has 1 N–H and O–H groups in total. The van der Waals surface area contributed by atoms with Gasteiger partial charge in [-0.3, -0.25) is 9.69 Å². The van der Waals surface area contributed by atoms with Crippen LogP contribution in [0.1, 0.15) is 34.8 Å². The molecular weight excluding hydrogens is 386 g/mol. The highest BCUT2D eigenvalue weighted by atomic mass is 16.5. The standard InChI is InChI=1S/C26H31N3O2/c1-28-16-5-8-24(28)25(29-17-15-21-6-3-4-7-22(21)19-29)18-27-26(30)14-11-20-9-12-23(31-2)13-10-20/h3-10,12-13,16,25H,11,14-15,17-19H2,1-2H3,(H,27,30)/t25-/m1/s1. The van der Waals surface area contributed by atoms with E-state index >= 15 is 0 Å². The van der Waals surface area contributed by atoms with Crippen molar-refractivity contribution in [3.05, 3.63) is 89.2 Å². The van der Waals surface area contributed by atoms with E-state index in [-0.39, 0.29) is 11.9 Å². The fraction of sp³-hybridized carbons (Fsp3) is 0.346. The molecule has 0 saturated heterocycles. The predicted molar refractivity (Wildman–Crippen MR) is 123 cm³/mol. The lowest BCUT2D eigenvalue weighted by atomic mass is 9.97. The Morgan fingerprint density at radius 2 is 1.84 bits per heavy atom. The maximum absolute atomic E-state index is 12.6. The second-order valence-corrected chi connectivity index (χ2v) is 8.20. The van der Waals surface area contributed by atoms with E-state index in [2.05, 4.69) is 64.4 Å². The molecule has 1 atom stereocenters. The van der Waals surface area contributed by atoms with Gasteiger partial charge in [-0.1, -0.05) is 36.4 Å². The third kappa shape index (κ3) is 5.17. The zero-order valence-corrected chi connectivity index (χ0v) is 18.4. The molecule has 31 heavy (non-hydrogen) atoms. The van der Waals surface area contributed by atoms with Crippen molar-refractivity contribution in [3.63, 3.8) is 0 Å². The number of benzene rings is 2. The number of hydrogen-bond donors (Lipinski definition) is 1. The van der Waals surface area contributed by atoms with Gasteiger partial charge >= 0.3 is 0 Å². The molecule has 1 aromatic heterocycles. The molecular formula is C26H31N3O2. The van der Waals surface area contributed by atoms with Crippen molar-refractivity contribution in [2.75, 3.05) is 20.2 Å². The number of hydrogen-bond acceptors (Lipinski definition) is 3. The van der Waals surface area contributed by atoms with E-state index in [0.717, 1.165) is 37.2 Å². The lowest BCUT2D eigenvalue weighted by molar-refractivity contribution is -0.121. The number of carbonyl (C=O) groups excluding carboxylic acids is 1. The summed E-state index contributed by atoms with van der Waals surface area (Å²) in [6, 6.07) is 21.0. The number of ether oxygens (including phenoxy) is 1. The molecule has 2 aromatic carbocycles. The molecule has 0 radical (unpaired) electrons. The molecule has 0 aliphatic carbocycles. The lowest BCUT2D eigenvalue weighted by Crippen LogP contribution is -2.41. The Labute approximate surface area is 184 Å². The molecule has 1 aliphatic heterocycles. The number of fused-ring (bicyclic) bond motifs is 1. The van der Waals surface area contributed by atoms with E-state index < -0.39 is 0 Å². The first-order valence-corrected chi connectivity index (χ1v) is 11.0. The van der Waals surface area contributed by atoms with Crippen LogP contribution in [-0.4, -0.2) is 35.6 Å². The first-order valence-electron chi connectivity index (χ1n) is 11.0. The van der Waals surface area contributed by atoms with Crippen molar-refractivity contribution in [2.24, 2.45) is 7.05 Å². The summed E-state index contributed by atoms with van der Waals surface area (Å²) < 4.78 is 7.36. The van der Waals surface area contributed by atoms with E-state index in [9.17, 15) is 4.79 Å². The number of amides is 1. The summed E-state index contributed by atoms with van der Waals surface area (Å²) in [7, 11) is 3.73. The summed E-state index contributed by atoms with van der Waals surface area (Å²) in [6.07, 6.45) is 4.32. The summed E-state index contributed by atoms with van der Waals surface area (Å²) in [5.74, 6) is 0.925. The fourth-order valence-corrected chi connectivity index (χ4v) is 4.37. The molecule has 0 bridgehead atoms. The second kappa shape index (κ2) is 9.84. The van der Waals surface area contributed by atoms with Crippen LogP contribution < -0.4 is 10.1 Å². The number of aromatic nitrogens is 1. The van der Waals surface area contributed by atoms with Crippen molar-refractivity contribution in [1.82, 2.24) is 14.8 Å². The number of carbonyl (C=O) groups is 1. The zero-order chi connectivity index (χ0) is 21.6. The van der Waals surface area contributed by atoms with Crippen LogP contribution in [0.2, 0.25) is 0 Å². The number of nitrogens with zero attached hydrogens (tertiary/aromatic N) is 2. The number of aryl methyl sites for hydroxylation is 2. The Morgan fingerprint density at radius 1 is 1.06 bits per heavy atom. The van der Waals surface area contributed by atoms with E-state index in [4.69, 9.17) is 4.74 Å². The molecule has 0 fully saturated rings. The van der Waals surface area contributed by atoms with Gasteiger partial charge in [0.1, 0.15) is 5.75 Å². The Bertz CT molecular complexity index is 1010. The van der Waals surface area contributed by atoms with E-state index in [1.165, 1.54) is 16.8 Å². The summed E-state index contributed by atoms with van der Waals surface area (Å²) in [5.41, 5.74) is 5.20. The van der Waals surface area contributed by atoms with E-state index in [0.29, 0.717) is 13.0 Å². The highest BCUT2D eigenvalue weighted by Gasteiger charge is 2.26. The molecule has 0 unspecified atom stereocenters. The van der Waals surface area contributed by atoms with Gasteiger partial charge in [-0.05, 0) is 53.8 Å². The number of rotatable bonds is 8. The molecule has 5 nitrogen and oxygen atoms in total. The molecule has 162 valence electrons. The summed E-state index contributed by atoms with van der Waals surface area (Å²) in [4.78, 5) is 15.1. The minimum absolute atomic E-state index is 0.0902. The topological polar surface area (TPSA) is 46.5 Å². The maximum atomic E-state index is 12.6. The fourth-order valence-electron chi connectivity index (χ4n) is 4.37. The van der Waals surface area contributed by atoms with Crippen LogP contribution in [0.15, 0.2) is 66.9 Å². The Kier molecular flexibility index (Phi) is 6.73. The van der Waals surface area contributed by atoms with Crippen molar-refractivity contribution >= 4 is 5.91 Å². The highest BCUT2D eigenvalue weighted by Crippen LogP contribution is 2.27. The normalized spacial score (nSPS) is 14.6. The first-order chi connectivity index (χ1) is 15.1. The average molecular weight is 418 g/mol. The Balaban J connectivity index is 1.38. The monoisotopic (exact) mass is 417 g/mol. The molecule has 5 heteroatoms. The smallest absolute Gasteiger partial charge is 0.220 e. The van der Waals surface area contributed by atoms with Gasteiger partial charge in [-0.15, -0.1) is 0 Å². The SMILES string of the molecule is COc1ccc(CCC(=O)NC[C@H](c2cccn2C)N2CCc3ccccc3C2)cc1. The van der Waals surface area contributed by atoms with Gasteiger partial charge in [0.05, 0.1) is 13.2 Å². The highest BCUT2D eigenvalue weighted by molar-refractivity contribution is 5.76. The van der Waals surface area contributed by atoms with Crippen LogP contribution in [0.3, 0.4) is 0 Å². The molecule has 1 aliphatic rings. The van der Waals surface area contributed by atoms with Gasteiger partial charge in [-0.2, -0.15) is 0 Å². The third-order valence-corrected chi connectivity index (χ3v) is 6.22. The quantitative estimate of drug-likeness (QED) is 0.605. The molecule has 2 heterocycles. The molecule has 4 rings (SSSR count). The van der Waals surface area contributed by atoms with Crippen molar-refractivity contribution < 1.29 is 9.53 Å². The molecule has 1 amide bonds. The van der Waals surface area contributed by atoms with Gasteiger partial charge in [0.15, 0.2) is 0 Å². The van der Waals surface area contributed by atoms with Crippen LogP contribution in [0.25, 0.3) is 0 Å². The van der Waals surface area contributed by atoms with E-state index in [1.54, 1.807) is 7.11 Å². The molecule has 3 aromatic rings. The van der Waals surface area contributed by atoms with Gasteiger partial charge in [-0.25, -0.2) is 0 Å². The number of nitrogens with one attached hydrogen (secondary N) is 1.